The van der Waals surface area contributed by atoms with Crippen LogP contribution < -0.4 is 12.4 Å². The molecule has 0 aliphatic carbocycles. The molecule has 1 rings (SSSR count). The molecule has 0 radical (unpaired) electrons. The van der Waals surface area contributed by atoms with E-state index in [9.17, 15) is 5.11 Å². The molecule has 0 bridgehead atoms. The van der Waals surface area contributed by atoms with Gasteiger partial charge in [-0.15, -0.1) is 0 Å². The molecule has 1 heterocycles. The number of β-amino-alcohol motifs (C(OH)–C–C–N with tert-alkyl or cyclic N) is 1. The number of nitrogens with zero attached hydrogens (tertiary/aromatic N) is 1. The number of hydrogen-bond donors (Lipinski definition) is 1. The number of rotatable bonds is 2. The van der Waals surface area contributed by atoms with Crippen LogP contribution in [0.3, 0.4) is 0 Å². The second-order valence-electron chi connectivity index (χ2n) is 4.89. The first-order valence-electron chi connectivity index (χ1n) is 4.90. The van der Waals surface area contributed by atoms with Crippen molar-refractivity contribution in [2.24, 2.45) is 5.41 Å². The third-order valence-corrected chi connectivity index (χ3v) is 2.63. The number of halogens is 1. The van der Waals surface area contributed by atoms with Gasteiger partial charge in [-0.1, -0.05) is 20.8 Å². The van der Waals surface area contributed by atoms with Gasteiger partial charge in [0.1, 0.15) is 0 Å². The minimum atomic E-state index is -0.185. The molecule has 13 heavy (non-hydrogen) atoms. The molecule has 0 aromatic heterocycles. The van der Waals surface area contributed by atoms with Gasteiger partial charge in [0.2, 0.25) is 0 Å². The van der Waals surface area contributed by atoms with Crippen LogP contribution in [-0.2, 0) is 0 Å². The first-order valence-corrected chi connectivity index (χ1v) is 4.90. The number of aliphatic hydroxyl groups excluding tert-OH is 1. The summed E-state index contributed by atoms with van der Waals surface area (Å²) in [6.07, 6.45) is 2.42. The molecule has 1 N–H and O–H groups in total. The van der Waals surface area contributed by atoms with Gasteiger partial charge in [-0.25, -0.2) is 0 Å². The summed E-state index contributed by atoms with van der Waals surface area (Å²) in [5.74, 6) is 0. The molecule has 0 amide bonds. The van der Waals surface area contributed by atoms with Crippen molar-refractivity contribution in [2.75, 3.05) is 19.6 Å². The Hall–Kier alpha value is 0.210. The van der Waals surface area contributed by atoms with E-state index >= 15 is 0 Å². The highest BCUT2D eigenvalue weighted by Crippen LogP contribution is 2.21. The quantitative estimate of drug-likeness (QED) is 0.594. The van der Waals surface area contributed by atoms with Crippen molar-refractivity contribution in [3.63, 3.8) is 0 Å². The maximum absolute atomic E-state index is 9.80. The van der Waals surface area contributed by atoms with Crippen molar-refractivity contribution in [1.82, 2.24) is 4.90 Å². The number of hydrogen-bond acceptors (Lipinski definition) is 2. The van der Waals surface area contributed by atoms with Gasteiger partial charge in [0.25, 0.3) is 0 Å². The molecule has 80 valence electrons. The summed E-state index contributed by atoms with van der Waals surface area (Å²) in [5, 5.41) is 9.80. The molecule has 0 spiro atoms. The number of likely N-dealkylation sites (tertiary alicyclic amines) is 1. The first-order chi connectivity index (χ1) is 5.50. The molecular formula is C10H21ClNO-. The van der Waals surface area contributed by atoms with Crippen molar-refractivity contribution >= 4 is 0 Å². The fourth-order valence-electron chi connectivity index (χ4n) is 1.48. The Balaban J connectivity index is 0.00000144. The van der Waals surface area contributed by atoms with E-state index in [1.165, 1.54) is 25.9 Å². The van der Waals surface area contributed by atoms with Crippen molar-refractivity contribution < 1.29 is 17.5 Å². The Morgan fingerprint density at radius 2 is 1.69 bits per heavy atom. The smallest absolute Gasteiger partial charge is 0.0715 e. The Kier molecular flexibility index (Phi) is 5.26. The molecular weight excluding hydrogens is 186 g/mol. The number of aliphatic hydroxyl groups is 1. The molecule has 2 nitrogen and oxygen atoms in total. The molecule has 3 heteroatoms. The lowest BCUT2D eigenvalue weighted by Gasteiger charge is -2.29. The van der Waals surface area contributed by atoms with E-state index < -0.39 is 0 Å². The Bertz CT molecular complexity index is 138. The third kappa shape index (κ3) is 4.30. The zero-order chi connectivity index (χ0) is 9.19. The van der Waals surface area contributed by atoms with Gasteiger partial charge in [-0.2, -0.15) is 0 Å². The normalized spacial score (nSPS) is 21.2. The third-order valence-electron chi connectivity index (χ3n) is 2.63. The van der Waals surface area contributed by atoms with Crippen molar-refractivity contribution in [1.29, 1.82) is 0 Å². The predicted molar refractivity (Wildman–Crippen MR) is 51.1 cm³/mol. The van der Waals surface area contributed by atoms with Crippen molar-refractivity contribution in [3.8, 4) is 0 Å². The van der Waals surface area contributed by atoms with Gasteiger partial charge in [0, 0.05) is 6.54 Å². The van der Waals surface area contributed by atoms with Gasteiger partial charge in [0.15, 0.2) is 0 Å². The second kappa shape index (κ2) is 5.18. The van der Waals surface area contributed by atoms with Crippen LogP contribution in [0.4, 0.5) is 0 Å². The molecule has 0 saturated carbocycles. The Morgan fingerprint density at radius 3 is 2.08 bits per heavy atom. The molecule has 1 aliphatic rings. The molecule has 1 aliphatic heterocycles. The zero-order valence-electron chi connectivity index (χ0n) is 8.89. The van der Waals surface area contributed by atoms with Crippen LogP contribution in [0.2, 0.25) is 0 Å². The van der Waals surface area contributed by atoms with Crippen molar-refractivity contribution in [3.05, 3.63) is 0 Å². The summed E-state index contributed by atoms with van der Waals surface area (Å²) < 4.78 is 0. The lowest BCUT2D eigenvalue weighted by Crippen LogP contribution is -3.00. The minimum Gasteiger partial charge on any atom is -1.00 e. The Morgan fingerprint density at radius 1 is 1.23 bits per heavy atom. The van der Waals surface area contributed by atoms with E-state index in [0.717, 1.165) is 6.54 Å². The minimum absolute atomic E-state index is 0. The van der Waals surface area contributed by atoms with Crippen LogP contribution in [0.25, 0.3) is 0 Å². The van der Waals surface area contributed by atoms with Gasteiger partial charge < -0.3 is 22.4 Å². The zero-order valence-corrected chi connectivity index (χ0v) is 9.64. The van der Waals surface area contributed by atoms with E-state index in [4.69, 9.17) is 0 Å². The molecule has 0 aromatic rings. The summed E-state index contributed by atoms with van der Waals surface area (Å²) in [5.41, 5.74) is 0.0303. The molecule has 1 atom stereocenters. The summed E-state index contributed by atoms with van der Waals surface area (Å²) in [4.78, 5) is 2.36. The summed E-state index contributed by atoms with van der Waals surface area (Å²) in [6.45, 7) is 9.47. The van der Waals surface area contributed by atoms with E-state index in [-0.39, 0.29) is 23.9 Å². The predicted octanol–water partition coefficient (Wildman–Crippen LogP) is -1.51. The topological polar surface area (TPSA) is 23.5 Å². The van der Waals surface area contributed by atoms with Crippen LogP contribution in [0.15, 0.2) is 0 Å². The average Bonchev–Trinajstić information content (AvgIpc) is 2.37. The Labute approximate surface area is 87.7 Å². The standard InChI is InChI=1S/C10H21NO.ClH/c1-10(2,3)9(12)8-11-6-4-5-7-11;/h9,12H,4-8H2,1-3H3;1H/p-1. The first kappa shape index (κ1) is 13.2. The van der Waals surface area contributed by atoms with Crippen LogP contribution in [-0.4, -0.2) is 35.7 Å². The monoisotopic (exact) mass is 206 g/mol. The highest BCUT2D eigenvalue weighted by atomic mass is 35.5. The molecule has 1 fully saturated rings. The van der Waals surface area contributed by atoms with Gasteiger partial charge >= 0.3 is 0 Å². The largest absolute Gasteiger partial charge is 1.00 e. The molecule has 0 aromatic carbocycles. The van der Waals surface area contributed by atoms with Crippen molar-refractivity contribution in [2.45, 2.75) is 39.7 Å². The fourth-order valence-corrected chi connectivity index (χ4v) is 1.48. The van der Waals surface area contributed by atoms with E-state index in [0.29, 0.717) is 0 Å². The van der Waals surface area contributed by atoms with E-state index in [1.807, 2.05) is 0 Å². The highest BCUT2D eigenvalue weighted by molar-refractivity contribution is 4.78. The molecule has 1 saturated heterocycles. The fraction of sp³-hybridized carbons (Fsp3) is 1.00. The van der Waals surface area contributed by atoms with E-state index in [2.05, 4.69) is 25.7 Å². The SMILES string of the molecule is CC(C)(C)C(O)CN1CCCC1.[Cl-]. The second-order valence-corrected chi connectivity index (χ2v) is 4.89. The van der Waals surface area contributed by atoms with Crippen LogP contribution >= 0.6 is 0 Å². The maximum Gasteiger partial charge on any atom is 0.0715 e. The lowest BCUT2D eigenvalue weighted by molar-refractivity contribution is -0.00000477. The maximum atomic E-state index is 9.80. The summed E-state index contributed by atoms with van der Waals surface area (Å²) in [7, 11) is 0. The van der Waals surface area contributed by atoms with Crippen LogP contribution in [0, 0.1) is 5.41 Å². The summed E-state index contributed by atoms with van der Waals surface area (Å²) >= 11 is 0. The summed E-state index contributed by atoms with van der Waals surface area (Å²) in [6, 6.07) is 0. The van der Waals surface area contributed by atoms with Gasteiger partial charge in [-0.3, -0.25) is 0 Å². The lowest BCUT2D eigenvalue weighted by atomic mass is 9.89. The van der Waals surface area contributed by atoms with Gasteiger partial charge in [0.05, 0.1) is 6.10 Å². The van der Waals surface area contributed by atoms with Gasteiger partial charge in [-0.05, 0) is 31.3 Å². The van der Waals surface area contributed by atoms with E-state index in [1.54, 1.807) is 0 Å². The average molecular weight is 207 g/mol. The van der Waals surface area contributed by atoms with Crippen LogP contribution in [0.5, 0.6) is 0 Å². The highest BCUT2D eigenvalue weighted by Gasteiger charge is 2.25. The van der Waals surface area contributed by atoms with Crippen LogP contribution in [0.1, 0.15) is 33.6 Å². The molecule has 1 unspecified atom stereocenters.